The lowest BCUT2D eigenvalue weighted by atomic mass is 10.2. The Morgan fingerprint density at radius 3 is 2.60 bits per heavy atom. The molecule has 0 spiro atoms. The van der Waals surface area contributed by atoms with Gasteiger partial charge in [-0.25, -0.2) is 10.2 Å². The van der Waals surface area contributed by atoms with E-state index in [9.17, 15) is 14.7 Å². The van der Waals surface area contributed by atoms with E-state index in [-0.39, 0.29) is 11.3 Å². The van der Waals surface area contributed by atoms with E-state index in [1.54, 1.807) is 6.07 Å². The van der Waals surface area contributed by atoms with Crippen molar-refractivity contribution in [3.8, 4) is 5.75 Å². The molecule has 0 unspecified atom stereocenters. The van der Waals surface area contributed by atoms with E-state index in [1.807, 2.05) is 10.9 Å². The number of phenolic OH excluding ortho intramolecular Hbond substituents is 1. The molecule has 0 aliphatic rings. The fraction of sp³-hybridized carbons (Fsp3) is 0. The topological polar surface area (TPSA) is 104 Å². The zero-order valence-electron chi connectivity index (χ0n) is 7.45. The first-order chi connectivity index (χ1) is 7.00. The Labute approximate surface area is 93.6 Å². The highest BCUT2D eigenvalue weighted by atomic mass is 79.9. The summed E-state index contributed by atoms with van der Waals surface area (Å²) in [5, 5.41) is 9.34. The number of primary amides is 1. The molecule has 7 heteroatoms. The minimum absolute atomic E-state index is 0.0260. The van der Waals surface area contributed by atoms with Gasteiger partial charge >= 0.3 is 6.03 Å². The first-order valence-electron chi connectivity index (χ1n) is 3.85. The van der Waals surface area contributed by atoms with Crippen LogP contribution < -0.4 is 16.6 Å². The minimum Gasteiger partial charge on any atom is -0.507 e. The number of phenols is 1. The Morgan fingerprint density at radius 1 is 1.33 bits per heavy atom. The van der Waals surface area contributed by atoms with Crippen molar-refractivity contribution < 1.29 is 14.7 Å². The van der Waals surface area contributed by atoms with Crippen molar-refractivity contribution in [2.24, 2.45) is 5.73 Å². The van der Waals surface area contributed by atoms with Crippen LogP contribution in [0, 0.1) is 0 Å². The van der Waals surface area contributed by atoms with Gasteiger partial charge in [-0.2, -0.15) is 0 Å². The van der Waals surface area contributed by atoms with E-state index < -0.39 is 11.9 Å². The highest BCUT2D eigenvalue weighted by Crippen LogP contribution is 2.21. The van der Waals surface area contributed by atoms with Crippen molar-refractivity contribution in [1.29, 1.82) is 0 Å². The monoisotopic (exact) mass is 273 g/mol. The summed E-state index contributed by atoms with van der Waals surface area (Å²) in [5.41, 5.74) is 8.70. The van der Waals surface area contributed by atoms with E-state index in [0.717, 1.165) is 0 Å². The van der Waals surface area contributed by atoms with Gasteiger partial charge < -0.3 is 10.8 Å². The van der Waals surface area contributed by atoms with Crippen LogP contribution in [-0.2, 0) is 0 Å². The lowest BCUT2D eigenvalue weighted by molar-refractivity contribution is 0.0934. The molecule has 80 valence electrons. The average molecular weight is 274 g/mol. The van der Waals surface area contributed by atoms with Gasteiger partial charge in [0.15, 0.2) is 0 Å². The number of hydrogen-bond donors (Lipinski definition) is 4. The fourth-order valence-corrected chi connectivity index (χ4v) is 1.24. The third-order valence-electron chi connectivity index (χ3n) is 1.50. The molecular formula is C8H8BrN3O3. The highest BCUT2D eigenvalue weighted by molar-refractivity contribution is 9.10. The minimum atomic E-state index is -0.891. The molecule has 0 bridgehead atoms. The maximum atomic E-state index is 11.4. The molecule has 0 saturated carbocycles. The molecule has 1 aromatic rings. The lowest BCUT2D eigenvalue weighted by Gasteiger charge is -2.06. The van der Waals surface area contributed by atoms with Crippen LogP contribution in [0.5, 0.6) is 5.75 Å². The smallest absolute Gasteiger partial charge is 0.330 e. The predicted octanol–water partition coefficient (Wildman–Crippen LogP) is 0.468. The van der Waals surface area contributed by atoms with E-state index in [1.165, 1.54) is 12.1 Å². The molecule has 0 fully saturated rings. The molecule has 1 aromatic carbocycles. The van der Waals surface area contributed by atoms with Crippen LogP contribution in [0.15, 0.2) is 22.7 Å². The van der Waals surface area contributed by atoms with Gasteiger partial charge in [-0.1, -0.05) is 15.9 Å². The van der Waals surface area contributed by atoms with Gasteiger partial charge in [0.1, 0.15) is 5.75 Å². The van der Waals surface area contributed by atoms with Crippen LogP contribution in [0.25, 0.3) is 0 Å². The Balaban J connectivity index is 2.81. The van der Waals surface area contributed by atoms with Gasteiger partial charge in [0.2, 0.25) is 0 Å². The van der Waals surface area contributed by atoms with Crippen LogP contribution in [-0.4, -0.2) is 17.0 Å². The molecule has 0 radical (unpaired) electrons. The molecule has 15 heavy (non-hydrogen) atoms. The van der Waals surface area contributed by atoms with Crippen molar-refractivity contribution in [3.63, 3.8) is 0 Å². The summed E-state index contributed by atoms with van der Waals surface area (Å²) >= 11 is 3.14. The SMILES string of the molecule is NC(=O)NNC(=O)c1cc(Br)ccc1O. The van der Waals surface area contributed by atoms with Gasteiger partial charge in [-0.15, -0.1) is 0 Å². The van der Waals surface area contributed by atoms with Gasteiger partial charge in [0, 0.05) is 4.47 Å². The van der Waals surface area contributed by atoms with Crippen LogP contribution in [0.1, 0.15) is 10.4 Å². The summed E-state index contributed by atoms with van der Waals surface area (Å²) in [5.74, 6) is -0.852. The number of aromatic hydroxyl groups is 1. The largest absolute Gasteiger partial charge is 0.507 e. The van der Waals surface area contributed by atoms with E-state index in [4.69, 9.17) is 5.73 Å². The number of amides is 3. The van der Waals surface area contributed by atoms with E-state index in [0.29, 0.717) is 4.47 Å². The summed E-state index contributed by atoms with van der Waals surface area (Å²) in [4.78, 5) is 21.7. The number of nitrogens with two attached hydrogens (primary N) is 1. The Kier molecular flexibility index (Phi) is 3.51. The third-order valence-corrected chi connectivity index (χ3v) is 2.00. The second kappa shape index (κ2) is 4.65. The number of rotatable bonds is 1. The first kappa shape index (κ1) is 11.3. The second-order valence-electron chi connectivity index (χ2n) is 2.60. The number of nitrogens with one attached hydrogen (secondary N) is 2. The number of carbonyl (C=O) groups excluding carboxylic acids is 2. The maximum absolute atomic E-state index is 11.4. The molecule has 0 aliphatic heterocycles. The second-order valence-corrected chi connectivity index (χ2v) is 3.52. The summed E-state index contributed by atoms with van der Waals surface area (Å²) < 4.78 is 0.629. The third kappa shape index (κ3) is 3.13. The molecular weight excluding hydrogens is 266 g/mol. The van der Waals surface area contributed by atoms with E-state index in [2.05, 4.69) is 15.9 Å². The zero-order chi connectivity index (χ0) is 11.4. The molecule has 3 amide bonds. The lowest BCUT2D eigenvalue weighted by Crippen LogP contribution is -2.44. The summed E-state index contributed by atoms with van der Waals surface area (Å²) in [6, 6.07) is 3.45. The molecule has 6 nitrogen and oxygen atoms in total. The number of hydrogen-bond acceptors (Lipinski definition) is 3. The van der Waals surface area contributed by atoms with Crippen molar-refractivity contribution >= 4 is 27.9 Å². The zero-order valence-corrected chi connectivity index (χ0v) is 9.04. The summed E-state index contributed by atoms with van der Waals surface area (Å²) in [6.07, 6.45) is 0. The van der Waals surface area contributed by atoms with Gasteiger partial charge in [-0.05, 0) is 18.2 Å². The van der Waals surface area contributed by atoms with Gasteiger partial charge in [-0.3, -0.25) is 10.2 Å². The highest BCUT2D eigenvalue weighted by Gasteiger charge is 2.11. The normalized spacial score (nSPS) is 9.40. The Hall–Kier alpha value is -1.76. The molecule has 0 saturated heterocycles. The standard InChI is InChI=1S/C8H8BrN3O3/c9-4-1-2-6(13)5(3-4)7(14)11-12-8(10)15/h1-3,13H,(H,11,14)(H3,10,12,15). The van der Waals surface area contributed by atoms with Crippen molar-refractivity contribution in [3.05, 3.63) is 28.2 Å². The number of halogens is 1. The van der Waals surface area contributed by atoms with E-state index >= 15 is 0 Å². The number of benzene rings is 1. The Morgan fingerprint density at radius 2 is 2.00 bits per heavy atom. The fourth-order valence-electron chi connectivity index (χ4n) is 0.876. The van der Waals surface area contributed by atoms with Crippen LogP contribution >= 0.6 is 15.9 Å². The Bertz CT molecular complexity index is 408. The quantitative estimate of drug-likeness (QED) is 0.559. The number of urea groups is 1. The van der Waals surface area contributed by atoms with Crippen LogP contribution in [0.3, 0.4) is 0 Å². The molecule has 0 aromatic heterocycles. The summed E-state index contributed by atoms with van der Waals surface area (Å²) in [7, 11) is 0. The maximum Gasteiger partial charge on any atom is 0.330 e. The average Bonchev–Trinajstić information content (AvgIpc) is 2.18. The molecule has 0 atom stereocenters. The molecule has 0 heterocycles. The number of hydrazine groups is 1. The number of carbonyl (C=O) groups is 2. The summed E-state index contributed by atoms with van der Waals surface area (Å²) in [6.45, 7) is 0. The predicted molar refractivity (Wildman–Crippen MR) is 56.0 cm³/mol. The van der Waals surface area contributed by atoms with Crippen LogP contribution in [0.2, 0.25) is 0 Å². The van der Waals surface area contributed by atoms with Crippen molar-refractivity contribution in [1.82, 2.24) is 10.9 Å². The molecule has 5 N–H and O–H groups in total. The van der Waals surface area contributed by atoms with Gasteiger partial charge in [0.05, 0.1) is 5.56 Å². The van der Waals surface area contributed by atoms with Gasteiger partial charge in [0.25, 0.3) is 5.91 Å². The van der Waals surface area contributed by atoms with Crippen molar-refractivity contribution in [2.75, 3.05) is 0 Å². The van der Waals surface area contributed by atoms with Crippen LogP contribution in [0.4, 0.5) is 4.79 Å². The first-order valence-corrected chi connectivity index (χ1v) is 4.64. The van der Waals surface area contributed by atoms with Crippen molar-refractivity contribution in [2.45, 2.75) is 0 Å². The molecule has 0 aliphatic carbocycles. The molecule has 1 rings (SSSR count).